The van der Waals surface area contributed by atoms with Gasteiger partial charge in [0.05, 0.1) is 12.8 Å². The first-order chi connectivity index (χ1) is 12.5. The normalized spacial score (nSPS) is 14.5. The van der Waals surface area contributed by atoms with Crippen LogP contribution in [0, 0.1) is 0 Å². The molecule has 0 N–H and O–H groups in total. The predicted octanol–water partition coefficient (Wildman–Crippen LogP) is 1.37. The number of aromatic nitrogens is 1. The summed E-state index contributed by atoms with van der Waals surface area (Å²) in [5, 5.41) is 0. The third kappa shape index (κ3) is 3.33. The summed E-state index contributed by atoms with van der Waals surface area (Å²) in [7, 11) is 1.56. The van der Waals surface area contributed by atoms with Gasteiger partial charge in [-0.1, -0.05) is 12.1 Å². The highest BCUT2D eigenvalue weighted by atomic mass is 16.5. The van der Waals surface area contributed by atoms with Crippen LogP contribution in [0.25, 0.3) is 0 Å². The lowest BCUT2D eigenvalue weighted by atomic mass is 10.2. The number of piperazine rings is 1. The van der Waals surface area contributed by atoms with Crippen molar-refractivity contribution in [2.45, 2.75) is 13.5 Å². The molecule has 0 radical (unpaired) electrons. The van der Waals surface area contributed by atoms with Crippen molar-refractivity contribution in [2.75, 3.05) is 31.6 Å². The molecule has 1 aliphatic heterocycles. The number of pyridine rings is 1. The Hall–Kier alpha value is -3.09. The Balaban J connectivity index is 1.76. The van der Waals surface area contributed by atoms with Crippen LogP contribution in [0.15, 0.2) is 47.4 Å². The first kappa shape index (κ1) is 17.7. The molecule has 1 aromatic carbocycles. The van der Waals surface area contributed by atoms with E-state index in [1.807, 2.05) is 25.1 Å². The minimum Gasteiger partial charge on any atom is -0.495 e. The maximum Gasteiger partial charge on any atom is 0.254 e. The van der Waals surface area contributed by atoms with E-state index in [0.29, 0.717) is 36.6 Å². The lowest BCUT2D eigenvalue weighted by molar-refractivity contribution is -0.120. The summed E-state index contributed by atoms with van der Waals surface area (Å²) in [6.45, 7) is 3.13. The first-order valence-electron chi connectivity index (χ1n) is 8.48. The molecule has 136 valence electrons. The second-order valence-electron chi connectivity index (χ2n) is 5.98. The van der Waals surface area contributed by atoms with Gasteiger partial charge >= 0.3 is 0 Å². The van der Waals surface area contributed by atoms with Crippen LogP contribution in [-0.4, -0.2) is 48.0 Å². The second-order valence-corrected chi connectivity index (χ2v) is 5.98. The number of carbonyl (C=O) groups excluding carboxylic acids is 2. The van der Waals surface area contributed by atoms with Gasteiger partial charge in [-0.15, -0.1) is 0 Å². The molecule has 1 fully saturated rings. The van der Waals surface area contributed by atoms with Gasteiger partial charge < -0.3 is 19.1 Å². The fraction of sp³-hybridized carbons (Fsp3) is 0.316. The molecule has 0 atom stereocenters. The predicted molar refractivity (Wildman–Crippen MR) is 97.6 cm³/mol. The lowest BCUT2D eigenvalue weighted by Crippen LogP contribution is -2.52. The Labute approximate surface area is 151 Å². The van der Waals surface area contributed by atoms with Crippen LogP contribution in [-0.2, 0) is 11.3 Å². The van der Waals surface area contributed by atoms with Crippen LogP contribution in [0.1, 0.15) is 17.3 Å². The monoisotopic (exact) mass is 355 g/mol. The van der Waals surface area contributed by atoms with Gasteiger partial charge in [-0.3, -0.25) is 14.4 Å². The molecule has 0 bridgehead atoms. The average molecular weight is 355 g/mol. The number of methoxy groups -OCH3 is 1. The van der Waals surface area contributed by atoms with Crippen LogP contribution >= 0.6 is 0 Å². The van der Waals surface area contributed by atoms with E-state index in [1.54, 1.807) is 30.3 Å². The summed E-state index contributed by atoms with van der Waals surface area (Å²) in [5.41, 5.74) is 0.771. The fourth-order valence-electron chi connectivity index (χ4n) is 3.04. The van der Waals surface area contributed by atoms with E-state index < -0.39 is 0 Å². The number of benzene rings is 1. The van der Waals surface area contributed by atoms with Crippen LogP contribution in [0.4, 0.5) is 5.69 Å². The van der Waals surface area contributed by atoms with Gasteiger partial charge in [0.2, 0.25) is 5.91 Å². The zero-order valence-electron chi connectivity index (χ0n) is 14.8. The molecule has 7 nitrogen and oxygen atoms in total. The van der Waals surface area contributed by atoms with Gasteiger partial charge in [0.15, 0.2) is 0 Å². The molecule has 7 heteroatoms. The zero-order chi connectivity index (χ0) is 18.7. The smallest absolute Gasteiger partial charge is 0.254 e. The number of rotatable bonds is 4. The highest BCUT2D eigenvalue weighted by Gasteiger charge is 2.30. The van der Waals surface area contributed by atoms with Gasteiger partial charge in [-0.2, -0.15) is 0 Å². The molecule has 0 saturated carbocycles. The van der Waals surface area contributed by atoms with Crippen LogP contribution in [0.2, 0.25) is 0 Å². The van der Waals surface area contributed by atoms with E-state index in [9.17, 15) is 14.4 Å². The molecule has 2 aromatic rings. The Morgan fingerprint density at radius 1 is 1.15 bits per heavy atom. The number of carbonyl (C=O) groups is 2. The number of nitrogens with zero attached hydrogens (tertiary/aromatic N) is 3. The number of aryl methyl sites for hydroxylation is 1. The number of hydrogen-bond acceptors (Lipinski definition) is 4. The maximum atomic E-state index is 12.6. The minimum atomic E-state index is -0.307. The Kier molecular flexibility index (Phi) is 5.06. The maximum absolute atomic E-state index is 12.6. The minimum absolute atomic E-state index is 0.0340. The van der Waals surface area contributed by atoms with Gasteiger partial charge in [0.25, 0.3) is 11.5 Å². The highest BCUT2D eigenvalue weighted by Crippen LogP contribution is 2.29. The van der Waals surface area contributed by atoms with Gasteiger partial charge in [0.1, 0.15) is 12.3 Å². The second kappa shape index (κ2) is 7.43. The van der Waals surface area contributed by atoms with E-state index in [0.717, 1.165) is 0 Å². The Bertz CT molecular complexity index is 890. The molecule has 2 amide bonds. The summed E-state index contributed by atoms with van der Waals surface area (Å²) in [6.07, 6.45) is 1.60. The molecule has 1 aliphatic rings. The molecule has 3 rings (SSSR count). The summed E-state index contributed by atoms with van der Waals surface area (Å²) in [5.74, 6) is 0.123. The van der Waals surface area contributed by atoms with Crippen LogP contribution < -0.4 is 15.2 Å². The van der Waals surface area contributed by atoms with E-state index in [-0.39, 0.29) is 23.9 Å². The molecular weight excluding hydrogens is 334 g/mol. The Morgan fingerprint density at radius 3 is 2.58 bits per heavy atom. The van der Waals surface area contributed by atoms with E-state index in [2.05, 4.69) is 0 Å². The molecule has 0 unspecified atom stereocenters. The highest BCUT2D eigenvalue weighted by molar-refractivity contribution is 6.02. The van der Waals surface area contributed by atoms with Crippen LogP contribution in [0.3, 0.4) is 0 Å². The topological polar surface area (TPSA) is 71.9 Å². The standard InChI is InChI=1S/C19H21N3O4/c1-3-20-9-8-14(12-17(20)23)19(25)21-10-11-22(18(24)13-21)15-6-4-5-7-16(15)26-2/h4-9,12H,3,10-11,13H2,1-2H3. The molecule has 26 heavy (non-hydrogen) atoms. The molecule has 1 aromatic heterocycles. The van der Waals surface area contributed by atoms with Crippen molar-refractivity contribution in [3.05, 3.63) is 58.5 Å². The lowest BCUT2D eigenvalue weighted by Gasteiger charge is -2.34. The van der Waals surface area contributed by atoms with Crippen molar-refractivity contribution in [3.8, 4) is 5.75 Å². The zero-order valence-corrected chi connectivity index (χ0v) is 14.8. The molecular formula is C19H21N3O4. The number of hydrogen-bond donors (Lipinski definition) is 0. The van der Waals surface area contributed by atoms with Crippen molar-refractivity contribution >= 4 is 17.5 Å². The van der Waals surface area contributed by atoms with Crippen molar-refractivity contribution in [3.63, 3.8) is 0 Å². The largest absolute Gasteiger partial charge is 0.495 e. The number of anilines is 1. The van der Waals surface area contributed by atoms with Gasteiger partial charge in [0, 0.05) is 37.5 Å². The molecule has 0 aliphatic carbocycles. The summed E-state index contributed by atoms with van der Waals surface area (Å²) < 4.78 is 6.83. The average Bonchev–Trinajstić information content (AvgIpc) is 2.67. The van der Waals surface area contributed by atoms with Gasteiger partial charge in [-0.05, 0) is 25.1 Å². The molecule has 1 saturated heterocycles. The number of para-hydroxylation sites is 2. The third-order valence-electron chi connectivity index (χ3n) is 4.47. The van der Waals surface area contributed by atoms with Crippen molar-refractivity contribution in [1.29, 1.82) is 0 Å². The summed E-state index contributed by atoms with van der Waals surface area (Å²) >= 11 is 0. The van der Waals surface area contributed by atoms with Crippen molar-refractivity contribution in [2.24, 2.45) is 0 Å². The molecule has 2 heterocycles. The number of ether oxygens (including phenoxy) is 1. The summed E-state index contributed by atoms with van der Waals surface area (Å²) in [4.78, 5) is 40.3. The fourth-order valence-corrected chi connectivity index (χ4v) is 3.04. The first-order valence-corrected chi connectivity index (χ1v) is 8.48. The van der Waals surface area contributed by atoms with Crippen molar-refractivity contribution < 1.29 is 14.3 Å². The number of amides is 2. The van der Waals surface area contributed by atoms with Crippen LogP contribution in [0.5, 0.6) is 5.75 Å². The van der Waals surface area contributed by atoms with Gasteiger partial charge in [-0.25, -0.2) is 0 Å². The molecule has 0 spiro atoms. The Morgan fingerprint density at radius 2 is 1.92 bits per heavy atom. The third-order valence-corrected chi connectivity index (χ3v) is 4.47. The summed E-state index contributed by atoms with van der Waals surface area (Å²) in [6, 6.07) is 10.2. The quantitative estimate of drug-likeness (QED) is 0.830. The SMILES string of the molecule is CCn1ccc(C(=O)N2CCN(c3ccccc3OC)C(=O)C2)cc1=O. The van der Waals surface area contributed by atoms with E-state index in [1.165, 1.54) is 15.5 Å². The van der Waals surface area contributed by atoms with E-state index in [4.69, 9.17) is 4.74 Å². The van der Waals surface area contributed by atoms with E-state index >= 15 is 0 Å². The van der Waals surface area contributed by atoms with Crippen molar-refractivity contribution in [1.82, 2.24) is 9.47 Å².